The summed E-state index contributed by atoms with van der Waals surface area (Å²) in [6, 6.07) is 12.2. The largest absolute Gasteiger partial charge is 0.363 e. The summed E-state index contributed by atoms with van der Waals surface area (Å²) >= 11 is 0. The second-order valence-electron chi connectivity index (χ2n) is 6.20. The molecule has 2 N–H and O–H groups in total. The predicted octanol–water partition coefficient (Wildman–Crippen LogP) is 2.82. The Labute approximate surface area is 152 Å². The highest BCUT2D eigenvalue weighted by atomic mass is 16.6. The van der Waals surface area contributed by atoms with E-state index in [-0.39, 0.29) is 11.6 Å². The number of carbonyl (C=O) groups excluding carboxylic acids is 1. The molecule has 0 saturated carbocycles. The van der Waals surface area contributed by atoms with Gasteiger partial charge in [0.1, 0.15) is 5.69 Å². The third-order valence-corrected chi connectivity index (χ3v) is 4.51. The number of rotatable bonds is 5. The first kappa shape index (κ1) is 17.9. The Bertz CT molecular complexity index is 799. The van der Waals surface area contributed by atoms with Gasteiger partial charge in [-0.25, -0.2) is 0 Å². The first-order chi connectivity index (χ1) is 12.6. The highest BCUT2D eigenvalue weighted by Crippen LogP contribution is 2.31. The van der Waals surface area contributed by atoms with Crippen LogP contribution in [0.3, 0.4) is 0 Å². The summed E-state index contributed by atoms with van der Waals surface area (Å²) in [4.78, 5) is 25.5. The third-order valence-electron chi connectivity index (χ3n) is 4.51. The number of benzene rings is 2. The van der Waals surface area contributed by atoms with Crippen molar-refractivity contribution in [3.8, 4) is 0 Å². The number of hydrogen-bond acceptors (Lipinski definition) is 5. The SMILES string of the molecule is CCc1ccc(C(=O)Nc2ccc(N3CCNCC3)c([N+](=O)[O-])c2)cc1. The molecule has 1 aliphatic rings. The predicted molar refractivity (Wildman–Crippen MR) is 102 cm³/mol. The quantitative estimate of drug-likeness (QED) is 0.637. The van der Waals surface area contributed by atoms with Gasteiger partial charge in [-0.15, -0.1) is 0 Å². The first-order valence-corrected chi connectivity index (χ1v) is 8.73. The van der Waals surface area contributed by atoms with Gasteiger partial charge in [-0.2, -0.15) is 0 Å². The Morgan fingerprint density at radius 1 is 1.19 bits per heavy atom. The van der Waals surface area contributed by atoms with E-state index in [0.29, 0.717) is 16.9 Å². The molecule has 7 nitrogen and oxygen atoms in total. The highest BCUT2D eigenvalue weighted by molar-refractivity contribution is 6.04. The lowest BCUT2D eigenvalue weighted by Gasteiger charge is -2.29. The lowest BCUT2D eigenvalue weighted by atomic mass is 10.1. The van der Waals surface area contributed by atoms with Crippen LogP contribution in [0.2, 0.25) is 0 Å². The highest BCUT2D eigenvalue weighted by Gasteiger charge is 2.22. The molecule has 3 rings (SSSR count). The van der Waals surface area contributed by atoms with Crippen LogP contribution in [0, 0.1) is 10.1 Å². The minimum Gasteiger partial charge on any atom is -0.363 e. The molecule has 1 fully saturated rings. The number of nitro benzene ring substituents is 1. The van der Waals surface area contributed by atoms with Gasteiger partial charge in [-0.3, -0.25) is 14.9 Å². The van der Waals surface area contributed by atoms with Crippen molar-refractivity contribution in [2.24, 2.45) is 0 Å². The Hall–Kier alpha value is -2.93. The molecule has 2 aromatic carbocycles. The molecule has 2 aromatic rings. The number of carbonyl (C=O) groups is 1. The molecule has 1 aliphatic heterocycles. The maximum Gasteiger partial charge on any atom is 0.294 e. The molecule has 0 unspecified atom stereocenters. The van der Waals surface area contributed by atoms with Gasteiger partial charge in [0.2, 0.25) is 0 Å². The molecule has 0 aliphatic carbocycles. The number of anilines is 2. The van der Waals surface area contributed by atoms with Crippen LogP contribution in [0.4, 0.5) is 17.1 Å². The molecular weight excluding hydrogens is 332 g/mol. The maximum atomic E-state index is 12.4. The zero-order valence-electron chi connectivity index (χ0n) is 14.7. The summed E-state index contributed by atoms with van der Waals surface area (Å²) < 4.78 is 0. The second-order valence-corrected chi connectivity index (χ2v) is 6.20. The van der Waals surface area contributed by atoms with E-state index in [1.807, 2.05) is 24.0 Å². The fourth-order valence-corrected chi connectivity index (χ4v) is 3.02. The Balaban J connectivity index is 1.80. The van der Waals surface area contributed by atoms with Gasteiger partial charge in [-0.05, 0) is 36.2 Å². The van der Waals surface area contributed by atoms with Crippen molar-refractivity contribution in [2.45, 2.75) is 13.3 Å². The van der Waals surface area contributed by atoms with Gasteiger partial charge in [0.15, 0.2) is 0 Å². The van der Waals surface area contributed by atoms with Gasteiger partial charge in [0.05, 0.1) is 4.92 Å². The van der Waals surface area contributed by atoms with Crippen molar-refractivity contribution in [1.29, 1.82) is 0 Å². The number of hydrogen-bond donors (Lipinski definition) is 2. The van der Waals surface area contributed by atoms with Gasteiger partial charge in [0, 0.05) is 43.5 Å². The Kier molecular flexibility index (Phi) is 5.48. The van der Waals surface area contributed by atoms with Crippen LogP contribution < -0.4 is 15.5 Å². The maximum absolute atomic E-state index is 12.4. The summed E-state index contributed by atoms with van der Waals surface area (Å²) in [5.41, 5.74) is 2.68. The number of nitrogens with one attached hydrogen (secondary N) is 2. The standard InChI is InChI=1S/C19H22N4O3/c1-2-14-3-5-15(6-4-14)19(24)21-16-7-8-17(18(13-16)23(25)26)22-11-9-20-10-12-22/h3-8,13,20H,2,9-12H2,1H3,(H,21,24). The fraction of sp³-hybridized carbons (Fsp3) is 0.316. The number of nitro groups is 1. The minimum atomic E-state index is -0.400. The van der Waals surface area contributed by atoms with Crippen molar-refractivity contribution in [1.82, 2.24) is 5.32 Å². The van der Waals surface area contributed by atoms with Gasteiger partial charge >= 0.3 is 0 Å². The average molecular weight is 354 g/mol. The first-order valence-electron chi connectivity index (χ1n) is 8.73. The molecule has 0 aromatic heterocycles. The van der Waals surface area contributed by atoms with Crippen molar-refractivity contribution in [3.63, 3.8) is 0 Å². The molecular formula is C19H22N4O3. The summed E-state index contributed by atoms with van der Waals surface area (Å²) in [6.07, 6.45) is 0.904. The summed E-state index contributed by atoms with van der Waals surface area (Å²) in [7, 11) is 0. The Morgan fingerprint density at radius 2 is 1.88 bits per heavy atom. The van der Waals surface area contributed by atoms with Crippen LogP contribution in [0.25, 0.3) is 0 Å². The fourth-order valence-electron chi connectivity index (χ4n) is 3.02. The zero-order valence-corrected chi connectivity index (χ0v) is 14.7. The van der Waals surface area contributed by atoms with Crippen LogP contribution in [-0.2, 0) is 6.42 Å². The van der Waals surface area contributed by atoms with Gasteiger partial charge in [0.25, 0.3) is 11.6 Å². The van der Waals surface area contributed by atoms with E-state index in [4.69, 9.17) is 0 Å². The second kappa shape index (κ2) is 7.97. The van der Waals surface area contributed by atoms with E-state index < -0.39 is 4.92 Å². The smallest absolute Gasteiger partial charge is 0.294 e. The molecule has 26 heavy (non-hydrogen) atoms. The number of nitrogens with zero attached hydrogens (tertiary/aromatic N) is 2. The van der Waals surface area contributed by atoms with Crippen LogP contribution in [-0.4, -0.2) is 37.0 Å². The van der Waals surface area contributed by atoms with Gasteiger partial charge in [-0.1, -0.05) is 19.1 Å². The molecule has 0 bridgehead atoms. The molecule has 7 heteroatoms. The van der Waals surface area contributed by atoms with E-state index in [1.54, 1.807) is 24.3 Å². The summed E-state index contributed by atoms with van der Waals surface area (Å²) in [6.45, 7) is 5.08. The Morgan fingerprint density at radius 3 is 2.50 bits per heavy atom. The average Bonchev–Trinajstić information content (AvgIpc) is 2.68. The molecule has 0 spiro atoms. The molecule has 1 amide bonds. The van der Waals surface area contributed by atoms with Crippen LogP contribution >= 0.6 is 0 Å². The zero-order chi connectivity index (χ0) is 18.5. The topological polar surface area (TPSA) is 87.5 Å². The molecule has 0 radical (unpaired) electrons. The minimum absolute atomic E-state index is 0.00558. The normalized spacial score (nSPS) is 14.1. The lowest BCUT2D eigenvalue weighted by Crippen LogP contribution is -2.43. The molecule has 136 valence electrons. The van der Waals surface area contributed by atoms with Crippen molar-refractivity contribution < 1.29 is 9.72 Å². The van der Waals surface area contributed by atoms with Crippen LogP contribution in [0.1, 0.15) is 22.8 Å². The third kappa shape index (κ3) is 4.00. The molecule has 1 heterocycles. The summed E-state index contributed by atoms with van der Waals surface area (Å²) in [5, 5.41) is 17.5. The number of aryl methyl sites for hydroxylation is 1. The van der Waals surface area contributed by atoms with Crippen molar-refractivity contribution in [2.75, 3.05) is 36.4 Å². The van der Waals surface area contributed by atoms with E-state index in [9.17, 15) is 14.9 Å². The van der Waals surface area contributed by atoms with E-state index in [1.165, 1.54) is 6.07 Å². The van der Waals surface area contributed by atoms with Crippen LogP contribution in [0.15, 0.2) is 42.5 Å². The van der Waals surface area contributed by atoms with Gasteiger partial charge < -0.3 is 15.5 Å². The monoisotopic (exact) mass is 354 g/mol. The van der Waals surface area contributed by atoms with Crippen molar-refractivity contribution >= 4 is 23.0 Å². The van der Waals surface area contributed by atoms with Crippen LogP contribution in [0.5, 0.6) is 0 Å². The van der Waals surface area contributed by atoms with E-state index in [0.717, 1.165) is 38.2 Å². The van der Waals surface area contributed by atoms with E-state index in [2.05, 4.69) is 10.6 Å². The number of amides is 1. The summed E-state index contributed by atoms with van der Waals surface area (Å²) in [5.74, 6) is -0.281. The molecule has 0 atom stereocenters. The number of piperazine rings is 1. The lowest BCUT2D eigenvalue weighted by molar-refractivity contribution is -0.384. The molecule has 1 saturated heterocycles. The van der Waals surface area contributed by atoms with Crippen molar-refractivity contribution in [3.05, 3.63) is 63.7 Å². The van der Waals surface area contributed by atoms with E-state index >= 15 is 0 Å².